The van der Waals surface area contributed by atoms with Crippen molar-refractivity contribution < 1.29 is 19.4 Å². The van der Waals surface area contributed by atoms with Crippen LogP contribution in [0.5, 0.6) is 17.2 Å². The maximum atomic E-state index is 12.7. The monoisotopic (exact) mass is 439 g/mol. The number of phenols is 1. The Bertz CT molecular complexity index is 1020. The van der Waals surface area contributed by atoms with Gasteiger partial charge in [0.1, 0.15) is 5.75 Å². The van der Waals surface area contributed by atoms with Crippen LogP contribution in [0.15, 0.2) is 66.7 Å². The predicted molar refractivity (Wildman–Crippen MR) is 122 cm³/mol. The summed E-state index contributed by atoms with van der Waals surface area (Å²) in [5.41, 5.74) is 2.61. The molecule has 1 unspecified atom stereocenters. The minimum absolute atomic E-state index is 0.103. The van der Waals surface area contributed by atoms with Crippen LogP contribution in [0.2, 0.25) is 5.02 Å². The fraction of sp³-hybridized carbons (Fsp3) is 0.240. The lowest BCUT2D eigenvalue weighted by Gasteiger charge is -2.19. The third kappa shape index (κ3) is 5.92. The fourth-order valence-electron chi connectivity index (χ4n) is 3.54. The number of carbonyl (C=O) groups is 1. The average molecular weight is 440 g/mol. The van der Waals surface area contributed by atoms with Gasteiger partial charge in [0.25, 0.3) is 0 Å². The number of amides is 1. The minimum Gasteiger partial charge on any atom is -0.508 e. The van der Waals surface area contributed by atoms with Gasteiger partial charge < -0.3 is 19.9 Å². The number of hydrogen-bond donors (Lipinski definition) is 2. The van der Waals surface area contributed by atoms with Gasteiger partial charge in [-0.05, 0) is 47.9 Å². The summed E-state index contributed by atoms with van der Waals surface area (Å²) < 4.78 is 10.6. The van der Waals surface area contributed by atoms with E-state index >= 15 is 0 Å². The highest BCUT2D eigenvalue weighted by Gasteiger charge is 2.21. The van der Waals surface area contributed by atoms with Gasteiger partial charge in [0.15, 0.2) is 11.5 Å². The highest BCUT2D eigenvalue weighted by Crippen LogP contribution is 2.35. The molecule has 0 heterocycles. The van der Waals surface area contributed by atoms with Crippen LogP contribution in [0.25, 0.3) is 0 Å². The summed E-state index contributed by atoms with van der Waals surface area (Å²) >= 11 is 6.15. The van der Waals surface area contributed by atoms with Gasteiger partial charge >= 0.3 is 0 Å². The van der Waals surface area contributed by atoms with Crippen molar-refractivity contribution in [3.63, 3.8) is 0 Å². The second kappa shape index (κ2) is 10.7. The molecule has 6 heteroatoms. The predicted octanol–water partition coefficient (Wildman–Crippen LogP) is 4.94. The Hall–Kier alpha value is -3.18. The van der Waals surface area contributed by atoms with Crippen molar-refractivity contribution in [1.29, 1.82) is 0 Å². The summed E-state index contributed by atoms with van der Waals surface area (Å²) in [4.78, 5) is 12.7. The molecule has 2 N–H and O–H groups in total. The molecule has 0 fully saturated rings. The van der Waals surface area contributed by atoms with Gasteiger partial charge in [-0.25, -0.2) is 0 Å². The number of hydrogen-bond acceptors (Lipinski definition) is 4. The summed E-state index contributed by atoms with van der Waals surface area (Å²) in [6.07, 6.45) is 0.856. The molecule has 31 heavy (non-hydrogen) atoms. The zero-order valence-corrected chi connectivity index (χ0v) is 18.4. The summed E-state index contributed by atoms with van der Waals surface area (Å²) in [5.74, 6) is 1.04. The topological polar surface area (TPSA) is 67.8 Å². The molecule has 0 aliphatic heterocycles. The quantitative estimate of drug-likeness (QED) is 0.495. The van der Waals surface area contributed by atoms with Gasteiger partial charge in [0.2, 0.25) is 5.91 Å². The number of phenolic OH excluding ortho intramolecular Hbond substituents is 1. The minimum atomic E-state index is -0.305. The van der Waals surface area contributed by atoms with E-state index in [4.69, 9.17) is 21.1 Å². The molecule has 1 amide bonds. The molecule has 0 aliphatic carbocycles. The Morgan fingerprint density at radius 1 is 1.00 bits per heavy atom. The molecule has 0 aliphatic rings. The van der Waals surface area contributed by atoms with E-state index in [2.05, 4.69) is 5.32 Å². The van der Waals surface area contributed by atoms with Crippen molar-refractivity contribution in [3.8, 4) is 17.2 Å². The maximum absolute atomic E-state index is 12.7. The Morgan fingerprint density at radius 2 is 1.74 bits per heavy atom. The van der Waals surface area contributed by atoms with Gasteiger partial charge in [0, 0.05) is 29.5 Å². The van der Waals surface area contributed by atoms with Gasteiger partial charge in [-0.15, -0.1) is 0 Å². The fourth-order valence-corrected chi connectivity index (χ4v) is 3.72. The summed E-state index contributed by atoms with van der Waals surface area (Å²) in [7, 11) is 3.19. The highest BCUT2D eigenvalue weighted by atomic mass is 35.5. The molecule has 0 aromatic heterocycles. The zero-order valence-electron chi connectivity index (χ0n) is 17.6. The van der Waals surface area contributed by atoms with Crippen LogP contribution in [0.4, 0.5) is 0 Å². The third-order valence-corrected chi connectivity index (χ3v) is 5.38. The molecule has 0 spiro atoms. The largest absolute Gasteiger partial charge is 0.508 e. The first-order valence-electron chi connectivity index (χ1n) is 10.0. The van der Waals surface area contributed by atoms with Crippen molar-refractivity contribution in [2.24, 2.45) is 0 Å². The molecule has 3 aromatic rings. The molecule has 0 radical (unpaired) electrons. The van der Waals surface area contributed by atoms with Crippen LogP contribution in [0, 0.1) is 0 Å². The molecule has 5 nitrogen and oxygen atoms in total. The van der Waals surface area contributed by atoms with Crippen LogP contribution in [0.3, 0.4) is 0 Å². The van der Waals surface area contributed by atoms with Crippen LogP contribution in [0.1, 0.15) is 29.0 Å². The number of aromatic hydroxyl groups is 1. The summed E-state index contributed by atoms with van der Waals surface area (Å²) in [6.45, 7) is 0.483. The lowest BCUT2D eigenvalue weighted by atomic mass is 9.87. The van der Waals surface area contributed by atoms with Crippen molar-refractivity contribution >= 4 is 17.5 Å². The van der Waals surface area contributed by atoms with Gasteiger partial charge in [-0.2, -0.15) is 0 Å². The van der Waals surface area contributed by atoms with E-state index in [1.165, 1.54) is 0 Å². The average Bonchev–Trinajstić information content (AvgIpc) is 2.79. The van der Waals surface area contributed by atoms with Gasteiger partial charge in [-0.1, -0.05) is 48.0 Å². The molecular weight excluding hydrogens is 414 g/mol. The molecule has 0 bridgehead atoms. The molecule has 3 aromatic carbocycles. The van der Waals surface area contributed by atoms with Crippen LogP contribution in [-0.2, 0) is 11.2 Å². The molecular formula is C25H26ClNO4. The van der Waals surface area contributed by atoms with Crippen LogP contribution < -0.4 is 14.8 Å². The summed E-state index contributed by atoms with van der Waals surface area (Å²) in [5, 5.41) is 13.9. The molecule has 3 rings (SSSR count). The summed E-state index contributed by atoms with van der Waals surface area (Å²) in [6, 6.07) is 20.2. The van der Waals surface area contributed by atoms with Crippen molar-refractivity contribution in [1.82, 2.24) is 5.32 Å². The second-order valence-electron chi connectivity index (χ2n) is 7.16. The zero-order chi connectivity index (χ0) is 22.2. The van der Waals surface area contributed by atoms with Crippen molar-refractivity contribution in [2.45, 2.75) is 18.8 Å². The van der Waals surface area contributed by atoms with E-state index in [1.807, 2.05) is 48.5 Å². The van der Waals surface area contributed by atoms with E-state index in [9.17, 15) is 9.90 Å². The SMILES string of the molecule is COc1ccc(CCNC(=O)CC(c2ccccc2)c2cc(Cl)ccc2O)cc1OC. The lowest BCUT2D eigenvalue weighted by Crippen LogP contribution is -2.27. The number of nitrogens with one attached hydrogen (secondary N) is 1. The second-order valence-corrected chi connectivity index (χ2v) is 7.60. The first kappa shape index (κ1) is 22.5. The van der Waals surface area contributed by atoms with E-state index in [0.29, 0.717) is 35.1 Å². The van der Waals surface area contributed by atoms with Crippen LogP contribution in [-0.4, -0.2) is 31.8 Å². The van der Waals surface area contributed by atoms with E-state index in [0.717, 1.165) is 11.1 Å². The standard InChI is InChI=1S/C25H26ClNO4/c1-30-23-11-8-17(14-24(23)31-2)12-13-27-25(29)16-20(18-6-4-3-5-7-18)21-15-19(26)9-10-22(21)28/h3-11,14-15,20,28H,12-13,16H2,1-2H3,(H,27,29). The number of rotatable bonds is 9. The normalized spacial score (nSPS) is 11.6. The van der Waals surface area contributed by atoms with E-state index in [-0.39, 0.29) is 24.0 Å². The number of benzene rings is 3. The highest BCUT2D eigenvalue weighted by molar-refractivity contribution is 6.30. The molecule has 162 valence electrons. The van der Waals surface area contributed by atoms with Crippen molar-refractivity contribution in [3.05, 3.63) is 88.4 Å². The molecule has 0 saturated heterocycles. The number of carbonyl (C=O) groups excluding carboxylic acids is 1. The van der Waals surface area contributed by atoms with E-state index < -0.39 is 0 Å². The molecule has 0 saturated carbocycles. The Morgan fingerprint density at radius 3 is 2.45 bits per heavy atom. The van der Waals surface area contributed by atoms with Gasteiger partial charge in [0.05, 0.1) is 14.2 Å². The van der Waals surface area contributed by atoms with Gasteiger partial charge in [-0.3, -0.25) is 4.79 Å². The number of methoxy groups -OCH3 is 2. The smallest absolute Gasteiger partial charge is 0.220 e. The van der Waals surface area contributed by atoms with E-state index in [1.54, 1.807) is 32.4 Å². The van der Waals surface area contributed by atoms with Crippen molar-refractivity contribution in [2.75, 3.05) is 20.8 Å². The maximum Gasteiger partial charge on any atom is 0.220 e. The van der Waals surface area contributed by atoms with Crippen LogP contribution >= 0.6 is 11.6 Å². The molecule has 1 atom stereocenters. The number of halogens is 1. The first-order chi connectivity index (χ1) is 15.0. The Balaban J connectivity index is 1.68. The Labute approximate surface area is 187 Å². The Kier molecular flexibility index (Phi) is 7.79. The first-order valence-corrected chi connectivity index (χ1v) is 10.4. The third-order valence-electron chi connectivity index (χ3n) is 5.14. The number of ether oxygens (including phenoxy) is 2. The lowest BCUT2D eigenvalue weighted by molar-refractivity contribution is -0.121.